The zero-order chi connectivity index (χ0) is 16.2. The van der Waals surface area contributed by atoms with Crippen molar-refractivity contribution in [2.75, 3.05) is 6.54 Å². The lowest BCUT2D eigenvalue weighted by molar-refractivity contribution is 0.0366. The van der Waals surface area contributed by atoms with E-state index in [0.717, 1.165) is 5.56 Å². The summed E-state index contributed by atoms with van der Waals surface area (Å²) in [5, 5.41) is 15.5. The van der Waals surface area contributed by atoms with Crippen molar-refractivity contribution in [1.29, 1.82) is 0 Å². The average molecular weight is 306 g/mol. The molecule has 0 aliphatic heterocycles. The number of halogens is 1. The summed E-state index contributed by atoms with van der Waals surface area (Å²) >= 11 is 0. The van der Waals surface area contributed by atoms with Crippen LogP contribution in [0.5, 0.6) is 0 Å². The van der Waals surface area contributed by atoms with Crippen LogP contribution in [-0.4, -0.2) is 17.7 Å². The second kappa shape index (κ2) is 6.62. The molecule has 0 radical (unpaired) electrons. The lowest BCUT2D eigenvalue weighted by Crippen LogP contribution is -2.44. The first-order valence-corrected chi connectivity index (χ1v) is 6.95. The van der Waals surface area contributed by atoms with E-state index in [-0.39, 0.29) is 18.4 Å². The molecule has 2 atom stereocenters. The standard InChI is InChI=1S/C16H19FN2O3/c1-11(12-5-7-13(17)8-6-12)19-15(20)18-10-16(2,21)14-4-3-9-22-14/h3-9,11,21H,10H2,1-2H3,(H2,18,19,20)/t11-,16-/m1/s1. The molecule has 2 aromatic rings. The van der Waals surface area contributed by atoms with Crippen molar-refractivity contribution in [2.24, 2.45) is 0 Å². The fraction of sp³-hybridized carbons (Fsp3) is 0.312. The van der Waals surface area contributed by atoms with Crippen molar-refractivity contribution in [1.82, 2.24) is 10.6 Å². The van der Waals surface area contributed by atoms with E-state index in [4.69, 9.17) is 4.42 Å². The van der Waals surface area contributed by atoms with Crippen molar-refractivity contribution in [3.63, 3.8) is 0 Å². The zero-order valence-electron chi connectivity index (χ0n) is 12.5. The molecule has 2 rings (SSSR count). The first-order chi connectivity index (χ1) is 10.4. The second-order valence-corrected chi connectivity index (χ2v) is 5.35. The van der Waals surface area contributed by atoms with Crippen molar-refractivity contribution in [2.45, 2.75) is 25.5 Å². The van der Waals surface area contributed by atoms with E-state index >= 15 is 0 Å². The minimum absolute atomic E-state index is 0.00246. The fourth-order valence-electron chi connectivity index (χ4n) is 2.01. The van der Waals surface area contributed by atoms with E-state index in [1.807, 2.05) is 0 Å². The number of carbonyl (C=O) groups is 1. The van der Waals surface area contributed by atoms with Crippen LogP contribution in [0.2, 0.25) is 0 Å². The Balaban J connectivity index is 1.86. The first-order valence-electron chi connectivity index (χ1n) is 6.95. The number of rotatable bonds is 5. The Kier molecular flexibility index (Phi) is 4.82. The highest BCUT2D eigenvalue weighted by Crippen LogP contribution is 2.19. The van der Waals surface area contributed by atoms with E-state index in [1.54, 1.807) is 38.1 Å². The lowest BCUT2D eigenvalue weighted by Gasteiger charge is -2.22. The van der Waals surface area contributed by atoms with Gasteiger partial charge in [0.05, 0.1) is 18.8 Å². The summed E-state index contributed by atoms with van der Waals surface area (Å²) in [7, 11) is 0. The zero-order valence-corrected chi connectivity index (χ0v) is 12.5. The van der Waals surface area contributed by atoms with E-state index in [9.17, 15) is 14.3 Å². The smallest absolute Gasteiger partial charge is 0.315 e. The Morgan fingerprint density at radius 2 is 2.05 bits per heavy atom. The number of nitrogens with one attached hydrogen (secondary N) is 2. The maximum atomic E-state index is 12.9. The monoisotopic (exact) mass is 306 g/mol. The Bertz CT molecular complexity index is 609. The van der Waals surface area contributed by atoms with Crippen LogP contribution in [0.15, 0.2) is 47.1 Å². The highest BCUT2D eigenvalue weighted by Gasteiger charge is 2.26. The third-order valence-electron chi connectivity index (χ3n) is 3.36. The minimum atomic E-state index is -1.29. The lowest BCUT2D eigenvalue weighted by atomic mass is 10.0. The molecule has 3 N–H and O–H groups in total. The molecular weight excluding hydrogens is 287 g/mol. The summed E-state index contributed by atoms with van der Waals surface area (Å²) < 4.78 is 18.0. The summed E-state index contributed by atoms with van der Waals surface area (Å²) in [6.07, 6.45) is 1.46. The number of urea groups is 1. The molecule has 5 nitrogen and oxygen atoms in total. The van der Waals surface area contributed by atoms with Gasteiger partial charge in [0.1, 0.15) is 17.2 Å². The van der Waals surface area contributed by atoms with Crippen molar-refractivity contribution >= 4 is 6.03 Å². The van der Waals surface area contributed by atoms with E-state index < -0.39 is 11.6 Å². The second-order valence-electron chi connectivity index (χ2n) is 5.35. The first kappa shape index (κ1) is 16.0. The van der Waals surface area contributed by atoms with Gasteiger partial charge in [-0.05, 0) is 43.7 Å². The summed E-state index contributed by atoms with van der Waals surface area (Å²) in [5.41, 5.74) is -0.505. The quantitative estimate of drug-likeness (QED) is 0.795. The Labute approximate surface area is 128 Å². The molecule has 1 aromatic heterocycles. The molecule has 0 unspecified atom stereocenters. The van der Waals surface area contributed by atoms with Crippen molar-refractivity contribution in [3.8, 4) is 0 Å². The highest BCUT2D eigenvalue weighted by molar-refractivity contribution is 5.74. The van der Waals surface area contributed by atoms with Crippen LogP contribution in [0.4, 0.5) is 9.18 Å². The molecule has 0 aliphatic rings. The molecule has 118 valence electrons. The topological polar surface area (TPSA) is 74.5 Å². The molecule has 0 saturated heterocycles. The van der Waals surface area contributed by atoms with Crippen molar-refractivity contribution in [3.05, 3.63) is 59.8 Å². The van der Waals surface area contributed by atoms with Gasteiger partial charge in [-0.1, -0.05) is 12.1 Å². The van der Waals surface area contributed by atoms with Gasteiger partial charge < -0.3 is 20.2 Å². The summed E-state index contributed by atoms with van der Waals surface area (Å²) in [6.45, 7) is 3.34. The van der Waals surface area contributed by atoms with Crippen LogP contribution in [-0.2, 0) is 5.60 Å². The van der Waals surface area contributed by atoms with Gasteiger partial charge in [0, 0.05) is 0 Å². The third-order valence-corrected chi connectivity index (χ3v) is 3.36. The van der Waals surface area contributed by atoms with Gasteiger partial charge in [0.15, 0.2) is 0 Å². The molecule has 0 bridgehead atoms. The molecule has 22 heavy (non-hydrogen) atoms. The molecule has 0 fully saturated rings. The Hall–Kier alpha value is -2.34. The summed E-state index contributed by atoms with van der Waals surface area (Å²) in [5.74, 6) is 0.0503. The van der Waals surface area contributed by atoms with Gasteiger partial charge in [0.2, 0.25) is 0 Å². The van der Waals surface area contributed by atoms with Gasteiger partial charge in [-0.3, -0.25) is 0 Å². The van der Waals surface area contributed by atoms with Crippen LogP contribution >= 0.6 is 0 Å². The van der Waals surface area contributed by atoms with Gasteiger partial charge in [0.25, 0.3) is 0 Å². The van der Waals surface area contributed by atoms with Gasteiger partial charge in [-0.15, -0.1) is 0 Å². The molecule has 0 saturated carbocycles. The van der Waals surface area contributed by atoms with E-state index in [0.29, 0.717) is 5.76 Å². The molecular formula is C16H19FN2O3. The highest BCUT2D eigenvalue weighted by atomic mass is 19.1. The number of hydrogen-bond acceptors (Lipinski definition) is 3. The average Bonchev–Trinajstić information content (AvgIpc) is 3.01. The molecule has 0 aliphatic carbocycles. The Morgan fingerprint density at radius 3 is 2.64 bits per heavy atom. The number of carbonyl (C=O) groups excluding carboxylic acids is 1. The summed E-state index contributed by atoms with van der Waals surface area (Å²) in [6, 6.07) is 8.50. The predicted molar refractivity (Wildman–Crippen MR) is 79.6 cm³/mol. The molecule has 1 heterocycles. The molecule has 1 aromatic carbocycles. The van der Waals surface area contributed by atoms with Crippen LogP contribution in [0, 0.1) is 5.82 Å². The molecule has 2 amide bonds. The normalized spacial score (nSPS) is 14.9. The van der Waals surface area contributed by atoms with Gasteiger partial charge in [-0.2, -0.15) is 0 Å². The maximum Gasteiger partial charge on any atom is 0.315 e. The van der Waals surface area contributed by atoms with Crippen LogP contribution in [0.1, 0.15) is 31.2 Å². The number of aliphatic hydroxyl groups is 1. The number of furan rings is 1. The predicted octanol–water partition coefficient (Wildman–Crippen LogP) is 2.69. The minimum Gasteiger partial charge on any atom is -0.466 e. The third kappa shape index (κ3) is 4.08. The van der Waals surface area contributed by atoms with Gasteiger partial charge >= 0.3 is 6.03 Å². The molecule has 6 heteroatoms. The number of amides is 2. The SMILES string of the molecule is C[C@@H](NC(=O)NC[C@@](C)(O)c1ccco1)c1ccc(F)cc1. The fourth-order valence-corrected chi connectivity index (χ4v) is 2.01. The van der Waals surface area contributed by atoms with E-state index in [2.05, 4.69) is 10.6 Å². The number of benzene rings is 1. The van der Waals surface area contributed by atoms with Crippen LogP contribution < -0.4 is 10.6 Å². The Morgan fingerprint density at radius 1 is 1.36 bits per heavy atom. The summed E-state index contributed by atoms with van der Waals surface area (Å²) in [4.78, 5) is 11.9. The van der Waals surface area contributed by atoms with E-state index in [1.165, 1.54) is 18.4 Å². The largest absolute Gasteiger partial charge is 0.466 e. The number of hydrogen-bond donors (Lipinski definition) is 3. The van der Waals surface area contributed by atoms with Crippen LogP contribution in [0.3, 0.4) is 0 Å². The van der Waals surface area contributed by atoms with Crippen LogP contribution in [0.25, 0.3) is 0 Å². The maximum absolute atomic E-state index is 12.9. The van der Waals surface area contributed by atoms with Gasteiger partial charge in [-0.25, -0.2) is 9.18 Å². The van der Waals surface area contributed by atoms with Crippen molar-refractivity contribution < 1.29 is 18.7 Å². The molecule has 0 spiro atoms.